The minimum atomic E-state index is 0.113. The SMILES string of the molecule is CCC(CC)C(=O)Nc1ccc(N(CC)CC)cc1. The lowest BCUT2D eigenvalue weighted by Crippen LogP contribution is -2.22. The van der Waals surface area contributed by atoms with E-state index in [1.165, 1.54) is 5.69 Å². The van der Waals surface area contributed by atoms with Crippen LogP contribution in [-0.4, -0.2) is 19.0 Å². The molecule has 0 saturated carbocycles. The second kappa shape index (κ2) is 7.82. The zero-order chi connectivity index (χ0) is 14.3. The van der Waals surface area contributed by atoms with Crippen molar-refractivity contribution in [3.63, 3.8) is 0 Å². The van der Waals surface area contributed by atoms with E-state index in [1.807, 2.05) is 12.1 Å². The van der Waals surface area contributed by atoms with Crippen LogP contribution < -0.4 is 10.2 Å². The molecule has 0 spiro atoms. The molecule has 0 radical (unpaired) electrons. The molecule has 0 fully saturated rings. The molecule has 106 valence electrons. The summed E-state index contributed by atoms with van der Waals surface area (Å²) in [4.78, 5) is 14.3. The van der Waals surface area contributed by atoms with E-state index in [0.29, 0.717) is 0 Å². The summed E-state index contributed by atoms with van der Waals surface area (Å²) in [6.45, 7) is 10.4. The van der Waals surface area contributed by atoms with Gasteiger partial charge in [-0.3, -0.25) is 4.79 Å². The van der Waals surface area contributed by atoms with Crippen LogP contribution in [0.1, 0.15) is 40.5 Å². The van der Waals surface area contributed by atoms with Crippen LogP contribution in [0.5, 0.6) is 0 Å². The van der Waals surface area contributed by atoms with Crippen molar-refractivity contribution in [3.8, 4) is 0 Å². The highest BCUT2D eigenvalue weighted by molar-refractivity contribution is 5.92. The van der Waals surface area contributed by atoms with Gasteiger partial charge in [-0.05, 0) is 51.0 Å². The largest absolute Gasteiger partial charge is 0.372 e. The van der Waals surface area contributed by atoms with Gasteiger partial charge in [0.05, 0.1) is 0 Å². The van der Waals surface area contributed by atoms with E-state index in [1.54, 1.807) is 0 Å². The summed E-state index contributed by atoms with van der Waals surface area (Å²) < 4.78 is 0. The van der Waals surface area contributed by atoms with Crippen LogP contribution >= 0.6 is 0 Å². The van der Waals surface area contributed by atoms with Crippen LogP contribution in [-0.2, 0) is 4.79 Å². The van der Waals surface area contributed by atoms with Gasteiger partial charge in [0, 0.05) is 30.4 Å². The van der Waals surface area contributed by atoms with Gasteiger partial charge in [-0.1, -0.05) is 13.8 Å². The van der Waals surface area contributed by atoms with Gasteiger partial charge in [0.25, 0.3) is 0 Å². The molecule has 1 rings (SSSR count). The lowest BCUT2D eigenvalue weighted by Gasteiger charge is -2.21. The molecule has 0 aliphatic carbocycles. The fraction of sp³-hybridized carbons (Fsp3) is 0.562. The van der Waals surface area contributed by atoms with E-state index in [4.69, 9.17) is 0 Å². The fourth-order valence-corrected chi connectivity index (χ4v) is 2.25. The zero-order valence-electron chi connectivity index (χ0n) is 12.6. The van der Waals surface area contributed by atoms with E-state index in [2.05, 4.69) is 50.0 Å². The van der Waals surface area contributed by atoms with Crippen molar-refractivity contribution in [2.75, 3.05) is 23.3 Å². The Morgan fingerprint density at radius 3 is 2.00 bits per heavy atom. The smallest absolute Gasteiger partial charge is 0.227 e. The van der Waals surface area contributed by atoms with E-state index in [9.17, 15) is 4.79 Å². The molecule has 1 aromatic carbocycles. The molecule has 19 heavy (non-hydrogen) atoms. The van der Waals surface area contributed by atoms with Gasteiger partial charge in [-0.2, -0.15) is 0 Å². The Labute approximate surface area is 117 Å². The Morgan fingerprint density at radius 2 is 1.58 bits per heavy atom. The number of hydrogen-bond acceptors (Lipinski definition) is 2. The van der Waals surface area contributed by atoms with Gasteiger partial charge >= 0.3 is 0 Å². The third-order valence-electron chi connectivity index (χ3n) is 3.62. The number of benzene rings is 1. The van der Waals surface area contributed by atoms with Crippen LogP contribution in [0.3, 0.4) is 0 Å². The Balaban J connectivity index is 2.69. The van der Waals surface area contributed by atoms with Crippen LogP contribution in [0.15, 0.2) is 24.3 Å². The number of hydrogen-bond donors (Lipinski definition) is 1. The number of nitrogens with zero attached hydrogens (tertiary/aromatic N) is 1. The molecule has 0 aliphatic heterocycles. The number of carbonyl (C=O) groups excluding carboxylic acids is 1. The van der Waals surface area contributed by atoms with Crippen LogP contribution in [0.25, 0.3) is 0 Å². The first-order valence-electron chi connectivity index (χ1n) is 7.32. The molecule has 0 saturated heterocycles. The Kier molecular flexibility index (Phi) is 6.40. The third-order valence-corrected chi connectivity index (χ3v) is 3.62. The van der Waals surface area contributed by atoms with Crippen molar-refractivity contribution in [2.24, 2.45) is 5.92 Å². The lowest BCUT2D eigenvalue weighted by molar-refractivity contribution is -0.120. The summed E-state index contributed by atoms with van der Waals surface area (Å²) in [6, 6.07) is 8.09. The molecule has 0 unspecified atom stereocenters. The highest BCUT2D eigenvalue weighted by Gasteiger charge is 2.14. The molecule has 3 heteroatoms. The van der Waals surface area contributed by atoms with Crippen molar-refractivity contribution < 1.29 is 4.79 Å². The molecule has 0 atom stereocenters. The van der Waals surface area contributed by atoms with Crippen molar-refractivity contribution in [2.45, 2.75) is 40.5 Å². The molecule has 3 nitrogen and oxygen atoms in total. The molecule has 1 aromatic rings. The molecular formula is C16H26N2O. The number of anilines is 2. The molecule has 0 aromatic heterocycles. The summed E-state index contributed by atoms with van der Waals surface area (Å²) in [5.41, 5.74) is 2.08. The monoisotopic (exact) mass is 262 g/mol. The normalized spacial score (nSPS) is 10.6. The minimum absolute atomic E-state index is 0.113. The predicted octanol–water partition coefficient (Wildman–Crippen LogP) is 3.91. The first-order chi connectivity index (χ1) is 9.15. The fourth-order valence-electron chi connectivity index (χ4n) is 2.25. The molecular weight excluding hydrogens is 236 g/mol. The second-order valence-electron chi connectivity index (χ2n) is 4.72. The summed E-state index contributed by atoms with van der Waals surface area (Å²) in [5, 5.41) is 2.99. The molecule has 0 aliphatic rings. The summed E-state index contributed by atoms with van der Waals surface area (Å²) in [5.74, 6) is 0.239. The Hall–Kier alpha value is -1.51. The highest BCUT2D eigenvalue weighted by Crippen LogP contribution is 2.19. The first kappa shape index (κ1) is 15.5. The van der Waals surface area contributed by atoms with Gasteiger partial charge < -0.3 is 10.2 Å². The van der Waals surface area contributed by atoms with E-state index >= 15 is 0 Å². The van der Waals surface area contributed by atoms with Gasteiger partial charge in [0.15, 0.2) is 0 Å². The van der Waals surface area contributed by atoms with E-state index in [-0.39, 0.29) is 11.8 Å². The van der Waals surface area contributed by atoms with Crippen molar-refractivity contribution in [1.29, 1.82) is 0 Å². The third kappa shape index (κ3) is 4.27. The molecule has 1 N–H and O–H groups in total. The van der Waals surface area contributed by atoms with Gasteiger partial charge in [0.1, 0.15) is 0 Å². The average Bonchev–Trinajstić information content (AvgIpc) is 2.43. The van der Waals surface area contributed by atoms with Crippen LogP contribution in [0, 0.1) is 5.92 Å². The second-order valence-corrected chi connectivity index (χ2v) is 4.72. The molecule has 0 bridgehead atoms. The maximum absolute atomic E-state index is 12.0. The number of carbonyl (C=O) groups is 1. The maximum Gasteiger partial charge on any atom is 0.227 e. The number of rotatable bonds is 7. The van der Waals surface area contributed by atoms with Crippen molar-refractivity contribution in [3.05, 3.63) is 24.3 Å². The van der Waals surface area contributed by atoms with Gasteiger partial charge in [-0.25, -0.2) is 0 Å². The quantitative estimate of drug-likeness (QED) is 0.808. The standard InChI is InChI=1S/C16H26N2O/c1-5-13(6-2)16(19)17-14-9-11-15(12-10-14)18(7-3)8-4/h9-13H,5-8H2,1-4H3,(H,17,19). The zero-order valence-corrected chi connectivity index (χ0v) is 12.6. The van der Waals surface area contributed by atoms with Gasteiger partial charge in [-0.15, -0.1) is 0 Å². The Morgan fingerprint density at radius 1 is 1.05 bits per heavy atom. The molecule has 1 amide bonds. The number of nitrogens with one attached hydrogen (secondary N) is 1. The summed E-state index contributed by atoms with van der Waals surface area (Å²) in [7, 11) is 0. The number of amides is 1. The lowest BCUT2D eigenvalue weighted by atomic mass is 10.0. The molecule has 0 heterocycles. The van der Waals surface area contributed by atoms with Crippen LogP contribution in [0.2, 0.25) is 0 Å². The van der Waals surface area contributed by atoms with Gasteiger partial charge in [0.2, 0.25) is 5.91 Å². The minimum Gasteiger partial charge on any atom is -0.372 e. The van der Waals surface area contributed by atoms with Crippen molar-refractivity contribution >= 4 is 17.3 Å². The Bertz CT molecular complexity index is 378. The highest BCUT2D eigenvalue weighted by atomic mass is 16.1. The van der Waals surface area contributed by atoms with E-state index in [0.717, 1.165) is 31.6 Å². The predicted molar refractivity (Wildman–Crippen MR) is 82.7 cm³/mol. The van der Waals surface area contributed by atoms with Crippen molar-refractivity contribution in [1.82, 2.24) is 0 Å². The van der Waals surface area contributed by atoms with Crippen LogP contribution in [0.4, 0.5) is 11.4 Å². The first-order valence-corrected chi connectivity index (χ1v) is 7.32. The van der Waals surface area contributed by atoms with E-state index < -0.39 is 0 Å². The summed E-state index contributed by atoms with van der Waals surface area (Å²) >= 11 is 0. The maximum atomic E-state index is 12.0. The average molecular weight is 262 g/mol. The summed E-state index contributed by atoms with van der Waals surface area (Å²) in [6.07, 6.45) is 1.78. The topological polar surface area (TPSA) is 32.3 Å².